The van der Waals surface area contributed by atoms with Crippen molar-refractivity contribution in [3.63, 3.8) is 0 Å². The Morgan fingerprint density at radius 2 is 1.80 bits per heavy atom. The van der Waals surface area contributed by atoms with Crippen LogP contribution >= 0.6 is 10.5 Å². The van der Waals surface area contributed by atoms with Gasteiger partial charge in [0.15, 0.2) is 0 Å². The summed E-state index contributed by atoms with van der Waals surface area (Å²) in [5.41, 5.74) is 3.97. The zero-order chi connectivity index (χ0) is 28.5. The number of carbonyl (C=O) groups excluding carboxylic acids is 2. The van der Waals surface area contributed by atoms with E-state index in [2.05, 4.69) is 16.4 Å². The number of hydrogen-bond acceptors (Lipinski definition) is 7. The molecule has 5 aromatic rings. The van der Waals surface area contributed by atoms with Gasteiger partial charge in [0.2, 0.25) is 4.88 Å². The number of amides is 2. The van der Waals surface area contributed by atoms with Crippen LogP contribution in [0.25, 0.3) is 20.7 Å². The number of para-hydroxylation sites is 1. The summed E-state index contributed by atoms with van der Waals surface area (Å²) in [6.45, 7) is 0.571. The van der Waals surface area contributed by atoms with E-state index >= 15 is 0 Å². The molecule has 0 saturated heterocycles. The molecule has 0 radical (unpaired) electrons. The Morgan fingerprint density at radius 3 is 2.59 bits per heavy atom. The molecule has 202 valence electrons. The third-order valence-electron chi connectivity index (χ3n) is 6.74. The lowest BCUT2D eigenvalue weighted by molar-refractivity contribution is -0.233. The van der Waals surface area contributed by atoms with Gasteiger partial charge in [0.1, 0.15) is 41.9 Å². The maximum absolute atomic E-state index is 12.6. The van der Waals surface area contributed by atoms with Crippen LogP contribution in [0.3, 0.4) is 0 Å². The van der Waals surface area contributed by atoms with Crippen LogP contribution in [0.15, 0.2) is 85.1 Å². The zero-order valence-electron chi connectivity index (χ0n) is 21.8. The lowest BCUT2D eigenvalue weighted by atomic mass is 10.1. The highest BCUT2D eigenvalue weighted by molar-refractivity contribution is 7.57. The van der Waals surface area contributed by atoms with Gasteiger partial charge in [-0.15, -0.1) is 0 Å². The highest BCUT2D eigenvalue weighted by Gasteiger charge is 2.39. The summed E-state index contributed by atoms with van der Waals surface area (Å²) >= 11 is 0. The van der Waals surface area contributed by atoms with Crippen molar-refractivity contribution in [2.24, 2.45) is 0 Å². The van der Waals surface area contributed by atoms with Gasteiger partial charge in [-0.1, -0.05) is 36.4 Å². The fourth-order valence-electron chi connectivity index (χ4n) is 4.76. The topological polar surface area (TPSA) is 128 Å². The Kier molecular flexibility index (Phi) is 6.71. The number of pyridine rings is 1. The molecule has 1 aliphatic heterocycles. The van der Waals surface area contributed by atoms with E-state index in [0.717, 1.165) is 11.1 Å². The molecule has 41 heavy (non-hydrogen) atoms. The van der Waals surface area contributed by atoms with E-state index in [-0.39, 0.29) is 19.2 Å². The van der Waals surface area contributed by atoms with Crippen LogP contribution < -0.4 is 24.8 Å². The molecule has 3 aromatic carbocycles. The van der Waals surface area contributed by atoms with Crippen molar-refractivity contribution in [3.05, 3.63) is 102 Å². The normalized spacial score (nSPS) is 12.5. The number of ether oxygens (including phenoxy) is 2. The quantitative estimate of drug-likeness (QED) is 0.235. The van der Waals surface area contributed by atoms with Crippen molar-refractivity contribution >= 4 is 43.4 Å². The second-order valence-electron chi connectivity index (χ2n) is 9.29. The molecule has 10 heteroatoms. The third kappa shape index (κ3) is 4.79. The van der Waals surface area contributed by atoms with E-state index in [1.165, 1.54) is 11.1 Å². The number of nitrogens with zero attached hydrogens (tertiary/aromatic N) is 3. The van der Waals surface area contributed by atoms with Crippen LogP contribution in [-0.2, 0) is 13.2 Å². The van der Waals surface area contributed by atoms with Gasteiger partial charge in [-0.05, 0) is 53.6 Å². The van der Waals surface area contributed by atoms with Crippen LogP contribution in [0.4, 0.5) is 21.0 Å². The number of benzene rings is 3. The maximum Gasteiger partial charge on any atom is 0.326 e. The van der Waals surface area contributed by atoms with E-state index < -0.39 is 15.8 Å². The first-order valence-electron chi connectivity index (χ1n) is 12.6. The van der Waals surface area contributed by atoms with Crippen molar-refractivity contribution in [2.45, 2.75) is 13.2 Å². The monoisotopic (exact) mass is 562 g/mol. The SMILES string of the molecule is CN1C(=O)Nc2ccnc3c2c1c(-c1ccc(COc2cccc(COc4ccccc4C#N)c2)cc1)[s+]3C(=O)[O-]. The molecule has 2 amide bonds. The van der Waals surface area contributed by atoms with Gasteiger partial charge in [0.05, 0.1) is 21.7 Å². The average Bonchev–Trinajstić information content (AvgIpc) is 3.35. The summed E-state index contributed by atoms with van der Waals surface area (Å²) < 4.78 is 11.8. The number of aromatic nitrogens is 1. The van der Waals surface area contributed by atoms with E-state index in [4.69, 9.17) is 9.47 Å². The number of anilines is 2. The summed E-state index contributed by atoms with van der Waals surface area (Å²) in [7, 11) is 0.147. The van der Waals surface area contributed by atoms with Crippen molar-refractivity contribution < 1.29 is 24.2 Å². The van der Waals surface area contributed by atoms with Gasteiger partial charge < -0.3 is 24.7 Å². The number of nitriles is 1. The molecule has 1 atom stereocenters. The van der Waals surface area contributed by atoms with Crippen LogP contribution in [0.1, 0.15) is 16.7 Å². The summed E-state index contributed by atoms with van der Waals surface area (Å²) in [6, 6.07) is 25.4. The number of urea groups is 1. The number of thiophene rings is 1. The molecule has 0 fully saturated rings. The Balaban J connectivity index is 1.22. The highest BCUT2D eigenvalue weighted by atomic mass is 32.2. The molecule has 0 bridgehead atoms. The molecule has 0 saturated carbocycles. The summed E-state index contributed by atoms with van der Waals surface area (Å²) in [5.74, 6) is 1.18. The Labute approximate surface area is 237 Å². The largest absolute Gasteiger partial charge is 0.500 e. The first kappa shape index (κ1) is 25.9. The number of carbonyl (C=O) groups is 2. The molecule has 1 N–H and O–H groups in total. The van der Waals surface area contributed by atoms with Crippen LogP contribution in [0.2, 0.25) is 0 Å². The molecule has 3 heterocycles. The minimum atomic E-state index is -1.46. The summed E-state index contributed by atoms with van der Waals surface area (Å²) in [5, 5.41) is 23.7. The first-order valence-corrected chi connectivity index (χ1v) is 13.8. The lowest BCUT2D eigenvalue weighted by Crippen LogP contribution is -2.34. The van der Waals surface area contributed by atoms with E-state index in [1.54, 1.807) is 31.3 Å². The van der Waals surface area contributed by atoms with Crippen molar-refractivity contribution in [1.29, 1.82) is 5.26 Å². The van der Waals surface area contributed by atoms with Crippen molar-refractivity contribution in [2.75, 3.05) is 17.3 Å². The molecular formula is C31H22N4O5S. The fourth-order valence-corrected chi connectivity index (χ4v) is 6.66. The molecule has 1 aliphatic rings. The zero-order valence-corrected chi connectivity index (χ0v) is 22.6. The van der Waals surface area contributed by atoms with E-state index in [0.29, 0.717) is 49.1 Å². The molecular weight excluding hydrogens is 540 g/mol. The Hall–Kier alpha value is -5.40. The van der Waals surface area contributed by atoms with E-state index in [9.17, 15) is 20.0 Å². The second kappa shape index (κ2) is 10.6. The number of carboxylic acid groups (broad SMARTS) is 1. The van der Waals surface area contributed by atoms with Crippen LogP contribution in [0.5, 0.6) is 11.5 Å². The van der Waals surface area contributed by atoms with Crippen LogP contribution in [0, 0.1) is 11.3 Å². The third-order valence-corrected chi connectivity index (χ3v) is 8.60. The summed E-state index contributed by atoms with van der Waals surface area (Å²) in [6.07, 6.45) is 1.50. The van der Waals surface area contributed by atoms with Crippen LogP contribution in [-0.4, -0.2) is 23.4 Å². The van der Waals surface area contributed by atoms with Gasteiger partial charge in [-0.2, -0.15) is 5.26 Å². The average molecular weight is 563 g/mol. The Bertz CT molecular complexity index is 1860. The molecule has 6 rings (SSSR count). The number of nitrogens with one attached hydrogen (secondary N) is 1. The highest BCUT2D eigenvalue weighted by Crippen LogP contribution is 2.53. The predicted octanol–water partition coefficient (Wildman–Crippen LogP) is 5.85. The molecule has 9 nitrogen and oxygen atoms in total. The minimum absolute atomic E-state index is 0.286. The fraction of sp³-hybridized carbons (Fsp3) is 0.0968. The number of rotatable bonds is 8. The van der Waals surface area contributed by atoms with Gasteiger partial charge >= 0.3 is 11.3 Å². The van der Waals surface area contributed by atoms with Gasteiger partial charge in [0, 0.05) is 18.8 Å². The molecule has 0 spiro atoms. The van der Waals surface area contributed by atoms with Crippen molar-refractivity contribution in [1.82, 2.24) is 4.98 Å². The predicted molar refractivity (Wildman–Crippen MR) is 154 cm³/mol. The second-order valence-corrected chi connectivity index (χ2v) is 11.0. The number of hydrogen-bond donors (Lipinski definition) is 1. The Morgan fingerprint density at radius 1 is 1.02 bits per heavy atom. The van der Waals surface area contributed by atoms with Gasteiger partial charge in [-0.3, -0.25) is 4.90 Å². The maximum atomic E-state index is 12.6. The van der Waals surface area contributed by atoms with E-state index in [1.807, 2.05) is 54.6 Å². The molecule has 2 aromatic heterocycles. The minimum Gasteiger partial charge on any atom is -0.500 e. The van der Waals surface area contributed by atoms with Gasteiger partial charge in [-0.25, -0.2) is 9.78 Å². The van der Waals surface area contributed by atoms with Crippen molar-refractivity contribution in [3.8, 4) is 28.0 Å². The smallest absolute Gasteiger partial charge is 0.326 e. The standard InChI is InChI=1S/C31H22N4O5S/c1-35-27-26-24(34-30(35)36)13-14-33-29(26)41(31(37)38)28(27)21-11-9-19(10-12-21)17-39-23-7-4-5-20(15-23)18-40-25-8-3-2-6-22(25)16-32/h2-15H,17-18H2,1H3,(H-,33,34,36,37,38). The first-order chi connectivity index (χ1) is 19.9. The molecule has 0 aliphatic carbocycles. The van der Waals surface area contributed by atoms with Gasteiger partial charge in [0.25, 0.3) is 4.83 Å². The lowest BCUT2D eigenvalue weighted by Gasteiger charge is -2.22. The summed E-state index contributed by atoms with van der Waals surface area (Å²) in [4.78, 5) is 31.6. The molecule has 1 unspecified atom stereocenters.